The molecule has 2 aromatic rings. The van der Waals surface area contributed by atoms with Crippen molar-refractivity contribution in [2.24, 2.45) is 11.8 Å². The lowest BCUT2D eigenvalue weighted by atomic mass is 9.86. The summed E-state index contributed by atoms with van der Waals surface area (Å²) >= 11 is 0. The van der Waals surface area contributed by atoms with E-state index < -0.39 is 10.0 Å². The van der Waals surface area contributed by atoms with Crippen molar-refractivity contribution in [3.8, 4) is 0 Å². The molecule has 0 bridgehead atoms. The lowest BCUT2D eigenvalue weighted by Gasteiger charge is -2.35. The fraction of sp³-hybridized carbons (Fsp3) is 0.556. The number of nitrogens with zero attached hydrogens (tertiary/aromatic N) is 1. The molecule has 2 aromatic carbocycles. The number of piperidine rings is 1. The molecule has 0 radical (unpaired) electrons. The predicted molar refractivity (Wildman–Crippen MR) is 138 cm³/mol. The molecule has 1 saturated heterocycles. The third-order valence-corrected chi connectivity index (χ3v) is 10.8. The highest BCUT2D eigenvalue weighted by atomic mass is 35.5. The first-order valence-corrected chi connectivity index (χ1v) is 14.0. The van der Waals surface area contributed by atoms with Gasteiger partial charge in [0.15, 0.2) is 0 Å². The zero-order valence-electron chi connectivity index (χ0n) is 20.3. The van der Waals surface area contributed by atoms with Gasteiger partial charge in [-0.1, -0.05) is 31.2 Å². The van der Waals surface area contributed by atoms with Gasteiger partial charge in [0.1, 0.15) is 5.82 Å². The molecule has 4 aliphatic rings. The number of nitrogens with one attached hydrogen (secondary N) is 1. The summed E-state index contributed by atoms with van der Waals surface area (Å²) in [4.78, 5) is 2.50. The maximum atomic E-state index is 15.1. The molecule has 5 nitrogen and oxygen atoms in total. The van der Waals surface area contributed by atoms with Crippen molar-refractivity contribution in [2.45, 2.75) is 55.3 Å². The van der Waals surface area contributed by atoms with Crippen molar-refractivity contribution >= 4 is 28.1 Å². The molecule has 1 heterocycles. The van der Waals surface area contributed by atoms with Crippen molar-refractivity contribution in [3.05, 3.63) is 65.0 Å². The topological polar surface area (TPSA) is 58.6 Å². The van der Waals surface area contributed by atoms with E-state index in [9.17, 15) is 8.42 Å². The number of likely N-dealkylation sites (tertiary alicyclic amines) is 1. The molecular weight excluding hydrogens is 487 g/mol. The van der Waals surface area contributed by atoms with Crippen LogP contribution in [-0.2, 0) is 33.0 Å². The van der Waals surface area contributed by atoms with E-state index >= 15 is 4.39 Å². The minimum Gasteiger partial charge on any atom is -0.376 e. The van der Waals surface area contributed by atoms with Gasteiger partial charge in [0.05, 0.1) is 10.9 Å². The lowest BCUT2D eigenvalue weighted by molar-refractivity contribution is -0.0277. The predicted octanol–water partition coefficient (Wildman–Crippen LogP) is 4.55. The summed E-state index contributed by atoms with van der Waals surface area (Å²) in [5.74, 6) is 0.553. The number of hydrogen-bond donors (Lipinski definition) is 1. The highest BCUT2D eigenvalue weighted by Gasteiger charge is 2.68. The fourth-order valence-corrected chi connectivity index (χ4v) is 8.40. The minimum absolute atomic E-state index is 0. The maximum Gasteiger partial charge on any atom is 0.235 e. The van der Waals surface area contributed by atoms with Gasteiger partial charge in [-0.15, -0.1) is 12.4 Å². The van der Waals surface area contributed by atoms with E-state index in [2.05, 4.69) is 40.8 Å². The van der Waals surface area contributed by atoms with Crippen molar-refractivity contribution < 1.29 is 17.5 Å². The van der Waals surface area contributed by atoms with Gasteiger partial charge in [0.25, 0.3) is 0 Å². The Morgan fingerprint density at radius 2 is 1.71 bits per heavy atom. The number of methoxy groups -OCH3 is 1. The zero-order valence-corrected chi connectivity index (χ0v) is 21.9. The van der Waals surface area contributed by atoms with Crippen LogP contribution in [0.3, 0.4) is 0 Å². The summed E-state index contributed by atoms with van der Waals surface area (Å²) in [6.07, 6.45) is 4.13. The van der Waals surface area contributed by atoms with Crippen LogP contribution in [0.2, 0.25) is 0 Å². The summed E-state index contributed by atoms with van der Waals surface area (Å²) in [5, 5.41) is -0.301. The Kier molecular flexibility index (Phi) is 6.23. The van der Waals surface area contributed by atoms with Crippen LogP contribution in [-0.4, -0.2) is 50.9 Å². The molecule has 8 heteroatoms. The molecule has 35 heavy (non-hydrogen) atoms. The number of fused-ring (bicyclic) bond motifs is 2. The second-order valence-corrected chi connectivity index (χ2v) is 12.8. The number of benzene rings is 2. The Labute approximate surface area is 213 Å². The van der Waals surface area contributed by atoms with E-state index in [1.165, 1.54) is 17.2 Å². The standard InChI is InChI=1S/C27H33FN2O3S.ClH/c1-3-27(22-12-20(8-11-25(22)28)29-34(31,32)21-9-10-21)23-15-30(16-24(23)27)17-26(33-2)13-18-6-4-5-7-19(18)14-26;/h4-8,11-12,21,23-24,29H,3,9-10,13-17H2,1-2H3;1H/t23-,24+,27+;. The second kappa shape index (κ2) is 8.72. The van der Waals surface area contributed by atoms with E-state index in [1.54, 1.807) is 12.1 Å². The summed E-state index contributed by atoms with van der Waals surface area (Å²) in [5.41, 5.74) is 3.52. The quantitative estimate of drug-likeness (QED) is 0.555. The Morgan fingerprint density at radius 3 is 2.26 bits per heavy atom. The number of anilines is 1. The first kappa shape index (κ1) is 25.0. The molecule has 1 N–H and O–H groups in total. The summed E-state index contributed by atoms with van der Waals surface area (Å²) < 4.78 is 48.7. The first-order valence-electron chi connectivity index (χ1n) is 12.5. The smallest absolute Gasteiger partial charge is 0.235 e. The van der Waals surface area contributed by atoms with Gasteiger partial charge in [-0.05, 0) is 66.0 Å². The largest absolute Gasteiger partial charge is 0.376 e. The summed E-state index contributed by atoms with van der Waals surface area (Å²) in [7, 11) is -1.55. The lowest BCUT2D eigenvalue weighted by Crippen LogP contribution is -2.46. The molecule has 0 aromatic heterocycles. The van der Waals surface area contributed by atoms with Gasteiger partial charge in [0.2, 0.25) is 10.0 Å². The van der Waals surface area contributed by atoms with E-state index in [4.69, 9.17) is 4.74 Å². The number of hydrogen-bond acceptors (Lipinski definition) is 4. The van der Waals surface area contributed by atoms with E-state index in [-0.39, 0.29) is 34.5 Å². The SMILES string of the molecule is CC[C@]1(c2cc(NS(=O)(=O)C3CC3)ccc2F)[C@@H]2CN(CC3(OC)Cc4ccccc4C3)C[C@@H]21.Cl. The molecule has 3 atom stereocenters. The third kappa shape index (κ3) is 4.08. The van der Waals surface area contributed by atoms with Crippen LogP contribution in [0.4, 0.5) is 10.1 Å². The van der Waals surface area contributed by atoms with E-state index in [0.717, 1.165) is 38.9 Å². The Hall–Kier alpha value is -1.67. The third-order valence-electron chi connectivity index (χ3n) is 8.97. The molecule has 2 saturated carbocycles. The molecule has 0 spiro atoms. The average Bonchev–Trinajstić information content (AvgIpc) is 3.69. The van der Waals surface area contributed by atoms with Crippen LogP contribution < -0.4 is 4.72 Å². The second-order valence-electron chi connectivity index (χ2n) is 10.9. The number of sulfonamides is 1. The van der Waals surface area contributed by atoms with Crippen LogP contribution in [0, 0.1) is 17.7 Å². The Bertz CT molecular complexity index is 1200. The monoisotopic (exact) mass is 520 g/mol. The van der Waals surface area contributed by atoms with Crippen LogP contribution in [0.15, 0.2) is 42.5 Å². The number of halogens is 2. The van der Waals surface area contributed by atoms with Crippen LogP contribution in [0.25, 0.3) is 0 Å². The molecule has 3 fully saturated rings. The highest BCUT2D eigenvalue weighted by Crippen LogP contribution is 2.66. The van der Waals surface area contributed by atoms with Crippen molar-refractivity contribution in [2.75, 3.05) is 31.5 Å². The molecule has 190 valence electrons. The van der Waals surface area contributed by atoms with E-state index in [0.29, 0.717) is 35.9 Å². The van der Waals surface area contributed by atoms with Gasteiger partial charge in [-0.2, -0.15) is 0 Å². The van der Waals surface area contributed by atoms with Gasteiger partial charge in [-0.25, -0.2) is 12.8 Å². The molecular formula is C27H34ClFN2O3S. The van der Waals surface area contributed by atoms with Crippen molar-refractivity contribution in [1.82, 2.24) is 4.90 Å². The fourth-order valence-electron chi connectivity index (χ4n) is 7.02. The summed E-state index contributed by atoms with van der Waals surface area (Å²) in [6.45, 7) is 4.87. The zero-order chi connectivity index (χ0) is 23.7. The number of rotatable bonds is 8. The van der Waals surface area contributed by atoms with Crippen LogP contribution >= 0.6 is 12.4 Å². The minimum atomic E-state index is -3.37. The molecule has 3 aliphatic carbocycles. The molecule has 6 rings (SSSR count). The Morgan fingerprint density at radius 1 is 1.09 bits per heavy atom. The number of ether oxygens (including phenoxy) is 1. The van der Waals surface area contributed by atoms with Gasteiger partial charge < -0.3 is 4.74 Å². The summed E-state index contributed by atoms with van der Waals surface area (Å²) in [6, 6.07) is 13.3. The van der Waals surface area contributed by atoms with Crippen molar-refractivity contribution in [3.63, 3.8) is 0 Å². The normalized spacial score (nSPS) is 28.8. The van der Waals surface area contributed by atoms with Crippen LogP contribution in [0.1, 0.15) is 42.9 Å². The maximum absolute atomic E-state index is 15.1. The average molecular weight is 521 g/mol. The van der Waals surface area contributed by atoms with Gasteiger partial charge >= 0.3 is 0 Å². The highest BCUT2D eigenvalue weighted by molar-refractivity contribution is 7.93. The van der Waals surface area contributed by atoms with Gasteiger partial charge in [-0.3, -0.25) is 9.62 Å². The Balaban J connectivity index is 0.00000253. The molecule has 0 unspecified atom stereocenters. The van der Waals surface area contributed by atoms with E-state index in [1.807, 2.05) is 7.11 Å². The first-order chi connectivity index (χ1) is 16.3. The van der Waals surface area contributed by atoms with Gasteiger partial charge in [0, 0.05) is 50.7 Å². The molecule has 0 amide bonds. The molecule has 1 aliphatic heterocycles. The van der Waals surface area contributed by atoms with Crippen LogP contribution in [0.5, 0.6) is 0 Å². The van der Waals surface area contributed by atoms with Crippen molar-refractivity contribution in [1.29, 1.82) is 0 Å².